The number of ether oxygens (including phenoxy) is 1. The van der Waals surface area contributed by atoms with Crippen LogP contribution in [-0.2, 0) is 9.53 Å². The van der Waals surface area contributed by atoms with E-state index >= 15 is 0 Å². The van der Waals surface area contributed by atoms with Crippen molar-refractivity contribution in [3.63, 3.8) is 0 Å². The van der Waals surface area contributed by atoms with Gasteiger partial charge >= 0.3 is 12.1 Å². The van der Waals surface area contributed by atoms with E-state index in [1.165, 1.54) is 0 Å². The van der Waals surface area contributed by atoms with Crippen LogP contribution in [-0.4, -0.2) is 28.8 Å². The zero-order chi connectivity index (χ0) is 13.9. The topological polar surface area (TPSA) is 75.6 Å². The number of hydrogen-bond donors (Lipinski definition) is 2. The van der Waals surface area contributed by atoms with E-state index in [4.69, 9.17) is 4.74 Å². The minimum Gasteiger partial charge on any atom is -0.480 e. The molecule has 1 rings (SSSR count). The van der Waals surface area contributed by atoms with Crippen molar-refractivity contribution in [3.8, 4) is 0 Å². The van der Waals surface area contributed by atoms with Gasteiger partial charge in [0.2, 0.25) is 0 Å². The van der Waals surface area contributed by atoms with Gasteiger partial charge in [0.15, 0.2) is 0 Å². The Morgan fingerprint density at radius 2 is 1.89 bits per heavy atom. The second-order valence-corrected chi connectivity index (χ2v) is 6.01. The molecule has 0 saturated heterocycles. The lowest BCUT2D eigenvalue weighted by Crippen LogP contribution is -2.49. The molecule has 1 saturated carbocycles. The van der Waals surface area contributed by atoms with Crippen LogP contribution >= 0.6 is 0 Å². The summed E-state index contributed by atoms with van der Waals surface area (Å²) in [5.41, 5.74) is -0.618. The SMILES string of the molecule is CC(C1CCC1)[C@H](NC(=O)OC(C)(C)C)C(=O)O. The lowest BCUT2D eigenvalue weighted by atomic mass is 9.74. The molecule has 1 aliphatic carbocycles. The number of carbonyl (C=O) groups is 2. The van der Waals surface area contributed by atoms with Crippen molar-refractivity contribution >= 4 is 12.1 Å². The van der Waals surface area contributed by atoms with E-state index in [0.717, 1.165) is 19.3 Å². The van der Waals surface area contributed by atoms with Crippen molar-refractivity contribution in [3.05, 3.63) is 0 Å². The van der Waals surface area contributed by atoms with Crippen LogP contribution in [0.25, 0.3) is 0 Å². The van der Waals surface area contributed by atoms with Crippen LogP contribution in [0.2, 0.25) is 0 Å². The molecule has 1 fully saturated rings. The molecule has 0 spiro atoms. The van der Waals surface area contributed by atoms with Crippen molar-refractivity contribution in [1.29, 1.82) is 0 Å². The van der Waals surface area contributed by atoms with Gasteiger partial charge in [-0.2, -0.15) is 0 Å². The van der Waals surface area contributed by atoms with Gasteiger partial charge in [0, 0.05) is 0 Å². The molecule has 0 aromatic carbocycles. The molecule has 1 aliphatic rings. The minimum absolute atomic E-state index is 0.0660. The molecule has 0 aromatic heterocycles. The third-order valence-electron chi connectivity index (χ3n) is 3.36. The monoisotopic (exact) mass is 257 g/mol. The van der Waals surface area contributed by atoms with Crippen molar-refractivity contribution in [2.75, 3.05) is 0 Å². The highest BCUT2D eigenvalue weighted by atomic mass is 16.6. The summed E-state index contributed by atoms with van der Waals surface area (Å²) in [6, 6.07) is -0.870. The number of nitrogens with one attached hydrogen (secondary N) is 1. The van der Waals surface area contributed by atoms with Gasteiger partial charge in [0.25, 0.3) is 0 Å². The van der Waals surface area contributed by atoms with Gasteiger partial charge in [0.05, 0.1) is 0 Å². The molecule has 5 heteroatoms. The first-order valence-electron chi connectivity index (χ1n) is 6.43. The Bertz CT molecular complexity index is 317. The number of amides is 1. The largest absolute Gasteiger partial charge is 0.480 e. The molecule has 104 valence electrons. The summed E-state index contributed by atoms with van der Waals surface area (Å²) in [5.74, 6) is -0.676. The zero-order valence-electron chi connectivity index (χ0n) is 11.5. The van der Waals surface area contributed by atoms with Crippen molar-refractivity contribution in [1.82, 2.24) is 5.32 Å². The fourth-order valence-corrected chi connectivity index (χ4v) is 2.09. The molecular formula is C13H23NO4. The van der Waals surface area contributed by atoms with E-state index in [2.05, 4.69) is 5.32 Å². The fraction of sp³-hybridized carbons (Fsp3) is 0.846. The quantitative estimate of drug-likeness (QED) is 0.811. The van der Waals surface area contributed by atoms with E-state index in [-0.39, 0.29) is 5.92 Å². The Morgan fingerprint density at radius 3 is 2.22 bits per heavy atom. The molecule has 1 unspecified atom stereocenters. The molecule has 2 atom stereocenters. The average Bonchev–Trinajstić information content (AvgIpc) is 2.07. The molecule has 0 bridgehead atoms. The predicted molar refractivity (Wildman–Crippen MR) is 67.3 cm³/mol. The van der Waals surface area contributed by atoms with Crippen LogP contribution in [0, 0.1) is 11.8 Å². The van der Waals surface area contributed by atoms with Crippen LogP contribution < -0.4 is 5.32 Å². The molecule has 0 heterocycles. The van der Waals surface area contributed by atoms with Crippen molar-refractivity contribution < 1.29 is 19.4 Å². The highest BCUT2D eigenvalue weighted by Crippen LogP contribution is 2.35. The smallest absolute Gasteiger partial charge is 0.408 e. The number of hydrogen-bond acceptors (Lipinski definition) is 3. The third kappa shape index (κ3) is 4.20. The first kappa shape index (κ1) is 14.8. The molecule has 0 aromatic rings. The second kappa shape index (κ2) is 5.59. The summed E-state index contributed by atoms with van der Waals surface area (Å²) in [4.78, 5) is 22.8. The Hall–Kier alpha value is -1.26. The van der Waals surface area contributed by atoms with Crippen molar-refractivity contribution in [2.24, 2.45) is 11.8 Å². The number of aliphatic carboxylic acids is 1. The normalized spacial score (nSPS) is 19.6. The Balaban J connectivity index is 2.57. The number of carboxylic acids is 1. The van der Waals surface area contributed by atoms with Gasteiger partial charge in [0.1, 0.15) is 11.6 Å². The minimum atomic E-state index is -1.000. The van der Waals surface area contributed by atoms with Gasteiger partial charge in [-0.05, 0) is 32.6 Å². The van der Waals surface area contributed by atoms with Crippen LogP contribution in [0.5, 0.6) is 0 Å². The summed E-state index contributed by atoms with van der Waals surface area (Å²) in [7, 11) is 0. The highest BCUT2D eigenvalue weighted by molar-refractivity contribution is 5.80. The molecule has 0 radical (unpaired) electrons. The molecular weight excluding hydrogens is 234 g/mol. The Morgan fingerprint density at radius 1 is 1.33 bits per heavy atom. The van der Waals surface area contributed by atoms with Gasteiger partial charge < -0.3 is 15.2 Å². The van der Waals surface area contributed by atoms with Gasteiger partial charge in [-0.3, -0.25) is 0 Å². The summed E-state index contributed by atoms with van der Waals surface area (Å²) in [6.45, 7) is 7.12. The summed E-state index contributed by atoms with van der Waals surface area (Å²) >= 11 is 0. The number of carbonyl (C=O) groups excluding carboxylic acids is 1. The lowest BCUT2D eigenvalue weighted by Gasteiger charge is -2.35. The van der Waals surface area contributed by atoms with Gasteiger partial charge in [-0.1, -0.05) is 26.2 Å². The summed E-state index contributed by atoms with van der Waals surface area (Å²) in [6.07, 6.45) is 2.57. The fourth-order valence-electron chi connectivity index (χ4n) is 2.09. The predicted octanol–water partition coefficient (Wildman–Crippen LogP) is 2.40. The molecule has 2 N–H and O–H groups in total. The Labute approximate surface area is 108 Å². The third-order valence-corrected chi connectivity index (χ3v) is 3.36. The van der Waals surface area contributed by atoms with Crippen LogP contribution in [0.1, 0.15) is 47.0 Å². The van der Waals surface area contributed by atoms with E-state index in [9.17, 15) is 14.7 Å². The van der Waals surface area contributed by atoms with Crippen LogP contribution in [0.4, 0.5) is 4.79 Å². The maximum absolute atomic E-state index is 11.6. The standard InChI is InChI=1S/C13H23NO4/c1-8(9-6-5-7-9)10(11(15)16)14-12(17)18-13(2,3)4/h8-10H,5-7H2,1-4H3,(H,14,17)(H,15,16)/t8?,10-/m0/s1. The average molecular weight is 257 g/mol. The van der Waals surface area contributed by atoms with Crippen LogP contribution in [0.3, 0.4) is 0 Å². The number of alkyl carbamates (subject to hydrolysis) is 1. The first-order valence-corrected chi connectivity index (χ1v) is 6.43. The molecule has 0 aliphatic heterocycles. The molecule has 1 amide bonds. The lowest BCUT2D eigenvalue weighted by molar-refractivity contribution is -0.141. The maximum Gasteiger partial charge on any atom is 0.408 e. The van der Waals surface area contributed by atoms with E-state index in [1.807, 2.05) is 6.92 Å². The van der Waals surface area contributed by atoms with E-state index in [0.29, 0.717) is 5.92 Å². The number of rotatable bonds is 4. The highest BCUT2D eigenvalue weighted by Gasteiger charge is 2.35. The summed E-state index contributed by atoms with van der Waals surface area (Å²) < 4.78 is 5.09. The Kier molecular flexibility index (Phi) is 4.59. The van der Waals surface area contributed by atoms with E-state index < -0.39 is 23.7 Å². The molecule has 5 nitrogen and oxygen atoms in total. The maximum atomic E-state index is 11.6. The number of carboxylic acid groups (broad SMARTS) is 1. The van der Waals surface area contributed by atoms with Gasteiger partial charge in [-0.25, -0.2) is 9.59 Å². The van der Waals surface area contributed by atoms with Crippen molar-refractivity contribution in [2.45, 2.75) is 58.6 Å². The zero-order valence-corrected chi connectivity index (χ0v) is 11.5. The van der Waals surface area contributed by atoms with E-state index in [1.54, 1.807) is 20.8 Å². The summed E-state index contributed by atoms with van der Waals surface area (Å²) in [5, 5.41) is 11.7. The van der Waals surface area contributed by atoms with Gasteiger partial charge in [-0.15, -0.1) is 0 Å². The molecule has 18 heavy (non-hydrogen) atoms. The second-order valence-electron chi connectivity index (χ2n) is 6.01. The van der Waals surface area contributed by atoms with Crippen LogP contribution in [0.15, 0.2) is 0 Å². The first-order chi connectivity index (χ1) is 8.20.